The van der Waals surface area contributed by atoms with Crippen molar-refractivity contribution in [2.45, 2.75) is 13.3 Å². The molecule has 0 saturated carbocycles. The molecule has 0 saturated heterocycles. The molecule has 2 aromatic carbocycles. The van der Waals surface area contributed by atoms with Crippen LogP contribution in [0.1, 0.15) is 21.5 Å². The molecule has 0 atom stereocenters. The highest BCUT2D eigenvalue weighted by molar-refractivity contribution is 6.30. The first kappa shape index (κ1) is 15.1. The van der Waals surface area contributed by atoms with Crippen LogP contribution in [0.4, 0.5) is 0 Å². The van der Waals surface area contributed by atoms with Crippen molar-refractivity contribution < 1.29 is 9.59 Å². The third-order valence-electron chi connectivity index (χ3n) is 2.91. The van der Waals surface area contributed by atoms with Crippen LogP contribution in [0.2, 0.25) is 5.02 Å². The van der Waals surface area contributed by atoms with Gasteiger partial charge < -0.3 is 0 Å². The first-order chi connectivity index (χ1) is 10.0. The van der Waals surface area contributed by atoms with Crippen molar-refractivity contribution in [1.29, 1.82) is 0 Å². The number of nitrogens with one attached hydrogen (secondary N) is 2. The minimum atomic E-state index is -0.348. The maximum absolute atomic E-state index is 11.8. The van der Waals surface area contributed by atoms with Gasteiger partial charge >= 0.3 is 0 Å². The van der Waals surface area contributed by atoms with Crippen LogP contribution in [-0.4, -0.2) is 11.8 Å². The summed E-state index contributed by atoms with van der Waals surface area (Å²) in [7, 11) is 0. The molecular weight excluding hydrogens is 288 g/mol. The Kier molecular flexibility index (Phi) is 4.95. The quantitative estimate of drug-likeness (QED) is 0.856. The molecule has 0 spiro atoms. The third kappa shape index (κ3) is 4.61. The zero-order chi connectivity index (χ0) is 15.2. The molecule has 0 heterocycles. The number of benzene rings is 2. The lowest BCUT2D eigenvalue weighted by Gasteiger charge is -2.07. The van der Waals surface area contributed by atoms with E-state index in [1.807, 2.05) is 19.1 Å². The van der Waals surface area contributed by atoms with Crippen molar-refractivity contribution in [3.8, 4) is 0 Å². The Morgan fingerprint density at radius 3 is 2.19 bits per heavy atom. The Balaban J connectivity index is 1.84. The van der Waals surface area contributed by atoms with E-state index >= 15 is 0 Å². The topological polar surface area (TPSA) is 58.2 Å². The second kappa shape index (κ2) is 6.90. The van der Waals surface area contributed by atoms with Crippen LogP contribution in [0.5, 0.6) is 0 Å². The summed E-state index contributed by atoms with van der Waals surface area (Å²) in [6, 6.07) is 14.1. The summed E-state index contributed by atoms with van der Waals surface area (Å²) >= 11 is 5.77. The van der Waals surface area contributed by atoms with Crippen LogP contribution in [0.25, 0.3) is 0 Å². The average Bonchev–Trinajstić information content (AvgIpc) is 2.48. The van der Waals surface area contributed by atoms with Crippen LogP contribution < -0.4 is 10.9 Å². The van der Waals surface area contributed by atoms with Crippen LogP contribution >= 0.6 is 11.6 Å². The van der Waals surface area contributed by atoms with Crippen LogP contribution in [-0.2, 0) is 11.2 Å². The number of hydrogen-bond donors (Lipinski definition) is 2. The Hall–Kier alpha value is -2.33. The van der Waals surface area contributed by atoms with E-state index in [4.69, 9.17) is 11.6 Å². The predicted octanol–water partition coefficient (Wildman–Crippen LogP) is 2.65. The number of amides is 2. The summed E-state index contributed by atoms with van der Waals surface area (Å²) in [5.74, 6) is -0.641. The third-order valence-corrected chi connectivity index (χ3v) is 3.16. The lowest BCUT2D eigenvalue weighted by Crippen LogP contribution is -2.42. The Morgan fingerprint density at radius 2 is 1.57 bits per heavy atom. The zero-order valence-corrected chi connectivity index (χ0v) is 12.3. The number of hydrogen-bond acceptors (Lipinski definition) is 2. The molecule has 0 aromatic heterocycles. The van der Waals surface area contributed by atoms with Gasteiger partial charge in [0.25, 0.3) is 5.91 Å². The first-order valence-electron chi connectivity index (χ1n) is 6.45. The van der Waals surface area contributed by atoms with Gasteiger partial charge in [-0.1, -0.05) is 41.4 Å². The van der Waals surface area contributed by atoms with Gasteiger partial charge in [0, 0.05) is 10.6 Å². The van der Waals surface area contributed by atoms with E-state index in [0.717, 1.165) is 11.1 Å². The lowest BCUT2D eigenvalue weighted by molar-refractivity contribution is -0.121. The summed E-state index contributed by atoms with van der Waals surface area (Å²) in [5, 5.41) is 0.617. The molecule has 4 nitrogen and oxygen atoms in total. The molecule has 0 aliphatic carbocycles. The highest BCUT2D eigenvalue weighted by atomic mass is 35.5. The molecular formula is C16H15ClN2O2. The second-order valence-corrected chi connectivity index (χ2v) is 5.11. The molecule has 2 amide bonds. The number of hydrazine groups is 1. The van der Waals surface area contributed by atoms with Crippen molar-refractivity contribution in [2.24, 2.45) is 0 Å². The van der Waals surface area contributed by atoms with E-state index in [1.54, 1.807) is 36.4 Å². The van der Waals surface area contributed by atoms with Gasteiger partial charge in [-0.15, -0.1) is 0 Å². The number of aryl methyl sites for hydroxylation is 1. The Bertz CT molecular complexity index is 636. The van der Waals surface area contributed by atoms with Gasteiger partial charge in [-0.3, -0.25) is 20.4 Å². The zero-order valence-electron chi connectivity index (χ0n) is 11.5. The summed E-state index contributed by atoms with van der Waals surface area (Å²) in [6.07, 6.45) is 0.172. The van der Waals surface area contributed by atoms with E-state index in [9.17, 15) is 9.59 Å². The molecule has 0 aliphatic rings. The van der Waals surface area contributed by atoms with Crippen molar-refractivity contribution >= 4 is 23.4 Å². The molecule has 0 aliphatic heterocycles. The summed E-state index contributed by atoms with van der Waals surface area (Å²) < 4.78 is 0. The van der Waals surface area contributed by atoms with Crippen molar-refractivity contribution in [3.63, 3.8) is 0 Å². The van der Waals surface area contributed by atoms with Crippen molar-refractivity contribution in [1.82, 2.24) is 10.9 Å². The Morgan fingerprint density at radius 1 is 0.952 bits per heavy atom. The summed E-state index contributed by atoms with van der Waals surface area (Å²) in [4.78, 5) is 23.5. The van der Waals surface area contributed by atoms with E-state index in [0.29, 0.717) is 10.6 Å². The van der Waals surface area contributed by atoms with Crippen LogP contribution in [0.15, 0.2) is 48.5 Å². The van der Waals surface area contributed by atoms with Crippen molar-refractivity contribution in [3.05, 3.63) is 70.2 Å². The van der Waals surface area contributed by atoms with E-state index < -0.39 is 0 Å². The number of rotatable bonds is 3. The van der Waals surface area contributed by atoms with Gasteiger partial charge in [-0.2, -0.15) is 0 Å². The fourth-order valence-corrected chi connectivity index (χ4v) is 1.86. The predicted molar refractivity (Wildman–Crippen MR) is 81.9 cm³/mol. The van der Waals surface area contributed by atoms with Gasteiger partial charge in [0.05, 0.1) is 6.42 Å². The molecule has 2 aromatic rings. The SMILES string of the molecule is Cc1ccc(C(=O)NNC(=O)Cc2ccc(Cl)cc2)cc1. The first-order valence-corrected chi connectivity index (χ1v) is 6.83. The Labute approximate surface area is 128 Å². The normalized spacial score (nSPS) is 10.0. The molecule has 2 rings (SSSR count). The van der Waals surface area contributed by atoms with Crippen LogP contribution in [0, 0.1) is 6.92 Å². The van der Waals surface area contributed by atoms with Crippen molar-refractivity contribution in [2.75, 3.05) is 0 Å². The van der Waals surface area contributed by atoms with Crippen LogP contribution in [0.3, 0.4) is 0 Å². The molecule has 2 N–H and O–H groups in total. The van der Waals surface area contributed by atoms with Gasteiger partial charge in [0.1, 0.15) is 0 Å². The standard InChI is InChI=1S/C16H15ClN2O2/c1-11-2-6-13(7-3-11)16(21)19-18-15(20)10-12-4-8-14(17)9-5-12/h2-9H,10H2,1H3,(H,18,20)(H,19,21). The van der Waals surface area contributed by atoms with E-state index in [-0.39, 0.29) is 18.2 Å². The fourth-order valence-electron chi connectivity index (χ4n) is 1.74. The number of carbonyl (C=O) groups is 2. The van der Waals surface area contributed by atoms with E-state index in [1.165, 1.54) is 0 Å². The lowest BCUT2D eigenvalue weighted by atomic mass is 10.1. The minimum absolute atomic E-state index is 0.172. The largest absolute Gasteiger partial charge is 0.273 e. The summed E-state index contributed by atoms with van der Waals surface area (Å²) in [6.45, 7) is 1.94. The minimum Gasteiger partial charge on any atom is -0.273 e. The average molecular weight is 303 g/mol. The fraction of sp³-hybridized carbons (Fsp3) is 0.125. The second-order valence-electron chi connectivity index (χ2n) is 4.67. The van der Waals surface area contributed by atoms with Gasteiger partial charge in [-0.25, -0.2) is 0 Å². The van der Waals surface area contributed by atoms with Gasteiger partial charge in [-0.05, 0) is 36.8 Å². The van der Waals surface area contributed by atoms with Gasteiger partial charge in [0.15, 0.2) is 0 Å². The number of halogens is 1. The van der Waals surface area contributed by atoms with Gasteiger partial charge in [0.2, 0.25) is 5.91 Å². The van der Waals surface area contributed by atoms with E-state index in [2.05, 4.69) is 10.9 Å². The molecule has 108 valence electrons. The maximum Gasteiger partial charge on any atom is 0.269 e. The molecule has 0 unspecified atom stereocenters. The molecule has 0 fully saturated rings. The molecule has 0 bridgehead atoms. The highest BCUT2D eigenvalue weighted by Gasteiger charge is 2.07. The molecule has 0 radical (unpaired) electrons. The maximum atomic E-state index is 11.8. The highest BCUT2D eigenvalue weighted by Crippen LogP contribution is 2.09. The number of carbonyl (C=O) groups excluding carboxylic acids is 2. The smallest absolute Gasteiger partial charge is 0.269 e. The monoisotopic (exact) mass is 302 g/mol. The summed E-state index contributed by atoms with van der Waals surface area (Å²) in [5.41, 5.74) is 7.15. The molecule has 5 heteroatoms. The molecule has 21 heavy (non-hydrogen) atoms.